The lowest BCUT2D eigenvalue weighted by Crippen LogP contribution is -2.28. The predicted octanol–water partition coefficient (Wildman–Crippen LogP) is 2.92. The summed E-state index contributed by atoms with van der Waals surface area (Å²) in [6.07, 6.45) is 1.27. The molecule has 1 aliphatic heterocycles. The van der Waals surface area contributed by atoms with Crippen molar-refractivity contribution in [2.24, 2.45) is 13.0 Å². The van der Waals surface area contributed by atoms with Gasteiger partial charge in [-0.05, 0) is 41.7 Å². The third-order valence-electron chi connectivity index (χ3n) is 5.71. The molecule has 2 heterocycles. The number of aromatic nitrogens is 3. The maximum absolute atomic E-state index is 12.5. The molecule has 4 rings (SSSR count). The molecule has 2 aromatic carbocycles. The molecule has 2 atom stereocenters. The van der Waals surface area contributed by atoms with E-state index in [1.54, 1.807) is 0 Å². The van der Waals surface area contributed by atoms with Crippen LogP contribution in [-0.2, 0) is 28.1 Å². The lowest BCUT2D eigenvalue weighted by atomic mass is 10.0. The van der Waals surface area contributed by atoms with E-state index in [0.29, 0.717) is 18.0 Å². The van der Waals surface area contributed by atoms with Crippen LogP contribution in [0.2, 0.25) is 0 Å². The molecule has 7 nitrogen and oxygen atoms in total. The molecular formula is C22H26N4O3S2. The highest BCUT2D eigenvalue weighted by Crippen LogP contribution is 2.24. The molecule has 1 saturated heterocycles. The van der Waals surface area contributed by atoms with Gasteiger partial charge in [0.1, 0.15) is 5.82 Å². The predicted molar refractivity (Wildman–Crippen MR) is 123 cm³/mol. The van der Waals surface area contributed by atoms with Crippen molar-refractivity contribution in [3.8, 4) is 0 Å². The Morgan fingerprint density at radius 2 is 2.00 bits per heavy atom. The van der Waals surface area contributed by atoms with E-state index >= 15 is 0 Å². The Labute approximate surface area is 186 Å². The summed E-state index contributed by atoms with van der Waals surface area (Å²) in [5, 5.41) is 14.4. The summed E-state index contributed by atoms with van der Waals surface area (Å²) in [6, 6.07) is 14.3. The third-order valence-corrected chi connectivity index (χ3v) is 8.56. The molecular weight excluding hydrogens is 432 g/mol. The minimum atomic E-state index is -2.91. The van der Waals surface area contributed by atoms with Crippen LogP contribution < -0.4 is 5.32 Å². The van der Waals surface area contributed by atoms with Crippen molar-refractivity contribution in [2.45, 2.75) is 31.0 Å². The monoisotopic (exact) mass is 458 g/mol. The van der Waals surface area contributed by atoms with E-state index < -0.39 is 9.84 Å². The maximum atomic E-state index is 12.5. The van der Waals surface area contributed by atoms with Crippen molar-refractivity contribution in [1.82, 2.24) is 20.1 Å². The summed E-state index contributed by atoms with van der Waals surface area (Å²) in [4.78, 5) is 12.5. The molecule has 0 radical (unpaired) electrons. The highest BCUT2D eigenvalue weighted by atomic mass is 32.2. The van der Waals surface area contributed by atoms with Gasteiger partial charge in [0.15, 0.2) is 15.0 Å². The van der Waals surface area contributed by atoms with Gasteiger partial charge in [-0.3, -0.25) is 4.79 Å². The van der Waals surface area contributed by atoms with Crippen molar-refractivity contribution in [2.75, 3.05) is 17.3 Å². The van der Waals surface area contributed by atoms with E-state index in [2.05, 4.69) is 39.8 Å². The number of fused-ring (bicyclic) bond motifs is 1. The average molecular weight is 459 g/mol. The lowest BCUT2D eigenvalue weighted by molar-refractivity contribution is -0.119. The highest BCUT2D eigenvalue weighted by Gasteiger charge is 2.29. The van der Waals surface area contributed by atoms with Crippen LogP contribution in [0.1, 0.15) is 30.8 Å². The van der Waals surface area contributed by atoms with Crippen LogP contribution in [0.5, 0.6) is 0 Å². The normalized spacial score (nSPS) is 18.8. The zero-order chi connectivity index (χ0) is 22.0. The average Bonchev–Trinajstić information content (AvgIpc) is 3.27. The second kappa shape index (κ2) is 9.00. The van der Waals surface area contributed by atoms with Crippen LogP contribution in [-0.4, -0.2) is 46.3 Å². The lowest BCUT2D eigenvalue weighted by Gasteiger charge is -2.15. The molecule has 0 spiro atoms. The summed E-state index contributed by atoms with van der Waals surface area (Å²) < 4.78 is 25.2. The molecule has 9 heteroatoms. The minimum absolute atomic E-state index is 0.0721. The first kappa shape index (κ1) is 21.8. The van der Waals surface area contributed by atoms with E-state index in [-0.39, 0.29) is 35.1 Å². The van der Waals surface area contributed by atoms with Crippen LogP contribution in [0.15, 0.2) is 47.6 Å². The van der Waals surface area contributed by atoms with Crippen LogP contribution >= 0.6 is 11.8 Å². The molecule has 0 saturated carbocycles. The van der Waals surface area contributed by atoms with E-state index in [1.807, 2.05) is 36.7 Å². The summed E-state index contributed by atoms with van der Waals surface area (Å²) in [7, 11) is -1.05. The quantitative estimate of drug-likeness (QED) is 0.547. The zero-order valence-electron chi connectivity index (χ0n) is 17.6. The molecule has 1 aromatic heterocycles. The van der Waals surface area contributed by atoms with Crippen molar-refractivity contribution in [3.05, 3.63) is 53.9 Å². The fraction of sp³-hybridized carbons (Fsp3) is 0.409. The molecule has 2 unspecified atom stereocenters. The largest absolute Gasteiger partial charge is 0.349 e. The number of hydrogen-bond donors (Lipinski definition) is 1. The first-order valence-electron chi connectivity index (χ1n) is 10.3. The Kier molecular flexibility index (Phi) is 6.34. The van der Waals surface area contributed by atoms with Gasteiger partial charge >= 0.3 is 0 Å². The fourth-order valence-corrected chi connectivity index (χ4v) is 6.52. The smallest absolute Gasteiger partial charge is 0.230 e. The van der Waals surface area contributed by atoms with E-state index in [1.165, 1.54) is 17.1 Å². The van der Waals surface area contributed by atoms with Gasteiger partial charge in [-0.2, -0.15) is 0 Å². The first-order chi connectivity index (χ1) is 14.8. The number of hydrogen-bond acceptors (Lipinski definition) is 6. The molecule has 0 aliphatic carbocycles. The Balaban J connectivity index is 1.31. The number of sulfone groups is 1. The second-order valence-electron chi connectivity index (χ2n) is 8.12. The van der Waals surface area contributed by atoms with Gasteiger partial charge in [0.25, 0.3) is 0 Å². The van der Waals surface area contributed by atoms with Gasteiger partial charge in [-0.15, -0.1) is 10.2 Å². The number of nitrogens with zero attached hydrogens (tertiary/aromatic N) is 3. The number of nitrogens with one attached hydrogen (secondary N) is 1. The van der Waals surface area contributed by atoms with Crippen molar-refractivity contribution in [1.29, 1.82) is 0 Å². The van der Waals surface area contributed by atoms with Gasteiger partial charge in [0, 0.05) is 13.5 Å². The Hall–Kier alpha value is -2.39. The standard InChI is InChI=1S/C22H26N4O3S2/c1-15(18-8-7-17-5-3-4-6-19(17)12-18)23-21(27)13-30-22-25-24-20(26(22)2)11-16-9-10-31(28,29)14-16/h3-8,12,15-16H,9-11,13-14H2,1-2H3,(H,23,27). The molecule has 1 N–H and O–H groups in total. The summed E-state index contributed by atoms with van der Waals surface area (Å²) in [5.74, 6) is 1.50. The summed E-state index contributed by atoms with van der Waals surface area (Å²) in [6.45, 7) is 1.97. The topological polar surface area (TPSA) is 94.0 Å². The van der Waals surface area contributed by atoms with Crippen LogP contribution in [0.4, 0.5) is 0 Å². The maximum Gasteiger partial charge on any atom is 0.230 e. The molecule has 1 aliphatic rings. The highest BCUT2D eigenvalue weighted by molar-refractivity contribution is 7.99. The van der Waals surface area contributed by atoms with E-state index in [0.717, 1.165) is 16.8 Å². The summed E-state index contributed by atoms with van der Waals surface area (Å²) >= 11 is 1.33. The van der Waals surface area contributed by atoms with Gasteiger partial charge in [-0.25, -0.2) is 8.42 Å². The third kappa shape index (κ3) is 5.27. The molecule has 1 fully saturated rings. The summed E-state index contributed by atoms with van der Waals surface area (Å²) in [5.41, 5.74) is 1.06. The molecule has 0 bridgehead atoms. The minimum Gasteiger partial charge on any atom is -0.349 e. The van der Waals surface area contributed by atoms with Crippen molar-refractivity contribution >= 4 is 38.3 Å². The molecule has 164 valence electrons. The number of carbonyl (C=O) groups excluding carboxylic acids is 1. The molecule has 3 aromatic rings. The number of benzene rings is 2. The van der Waals surface area contributed by atoms with Gasteiger partial charge in [0.2, 0.25) is 5.91 Å². The SMILES string of the molecule is CC(NC(=O)CSc1nnc(CC2CCS(=O)(=O)C2)n1C)c1ccc2ccccc2c1. The van der Waals surface area contributed by atoms with E-state index in [9.17, 15) is 13.2 Å². The van der Waals surface area contributed by atoms with E-state index in [4.69, 9.17) is 0 Å². The van der Waals surface area contributed by atoms with Gasteiger partial charge < -0.3 is 9.88 Å². The Bertz CT molecular complexity index is 1210. The van der Waals surface area contributed by atoms with Crippen LogP contribution in [0.3, 0.4) is 0 Å². The number of amides is 1. The second-order valence-corrected chi connectivity index (χ2v) is 11.3. The Morgan fingerprint density at radius 3 is 2.74 bits per heavy atom. The Morgan fingerprint density at radius 1 is 1.23 bits per heavy atom. The van der Waals surface area contributed by atoms with Gasteiger partial charge in [-0.1, -0.05) is 48.2 Å². The van der Waals surface area contributed by atoms with Crippen molar-refractivity contribution < 1.29 is 13.2 Å². The molecule has 1 amide bonds. The zero-order valence-corrected chi connectivity index (χ0v) is 19.2. The molecule has 31 heavy (non-hydrogen) atoms. The van der Waals surface area contributed by atoms with Gasteiger partial charge in [0.05, 0.1) is 23.3 Å². The van der Waals surface area contributed by atoms with Crippen LogP contribution in [0.25, 0.3) is 10.8 Å². The fourth-order valence-electron chi connectivity index (χ4n) is 3.91. The van der Waals surface area contributed by atoms with Crippen LogP contribution in [0, 0.1) is 5.92 Å². The van der Waals surface area contributed by atoms with Crippen molar-refractivity contribution in [3.63, 3.8) is 0 Å². The first-order valence-corrected chi connectivity index (χ1v) is 13.1. The number of rotatable bonds is 7. The number of carbonyl (C=O) groups is 1. The number of thioether (sulfide) groups is 1.